The van der Waals surface area contributed by atoms with E-state index in [1.165, 1.54) is 0 Å². The summed E-state index contributed by atoms with van der Waals surface area (Å²) in [4.78, 5) is 22.4. The number of carbonyl (C=O) groups is 2. The predicted octanol–water partition coefficient (Wildman–Crippen LogP) is 1.58. The molecule has 0 aromatic carbocycles. The summed E-state index contributed by atoms with van der Waals surface area (Å²) in [5, 5.41) is 0. The molecule has 1 spiro atoms. The van der Waals surface area contributed by atoms with Gasteiger partial charge in [0.15, 0.2) is 0 Å². The first-order valence-corrected chi connectivity index (χ1v) is 4.43. The monoisotopic (exact) mass is 188 g/mol. The van der Waals surface area contributed by atoms with E-state index in [4.69, 9.17) is 0 Å². The molecule has 1 unspecified atom stereocenters. The van der Waals surface area contributed by atoms with Crippen molar-refractivity contribution >= 4 is 11.6 Å². The number of ketones is 2. The number of alkyl halides is 2. The van der Waals surface area contributed by atoms with E-state index >= 15 is 0 Å². The number of hydrogen-bond donors (Lipinski definition) is 0. The molecule has 72 valence electrons. The lowest BCUT2D eigenvalue weighted by molar-refractivity contribution is -0.139. The van der Waals surface area contributed by atoms with Crippen LogP contribution in [0.1, 0.15) is 25.7 Å². The van der Waals surface area contributed by atoms with Crippen LogP contribution in [-0.2, 0) is 9.59 Å². The van der Waals surface area contributed by atoms with Gasteiger partial charge in [-0.05, 0) is 25.7 Å². The van der Waals surface area contributed by atoms with Gasteiger partial charge in [-0.15, -0.1) is 0 Å². The number of halogens is 2. The van der Waals surface area contributed by atoms with Crippen LogP contribution in [0.2, 0.25) is 0 Å². The Balaban J connectivity index is 2.11. The Kier molecular flexibility index (Phi) is 1.75. The molecule has 2 fully saturated rings. The summed E-state index contributed by atoms with van der Waals surface area (Å²) in [6, 6.07) is 0. The van der Waals surface area contributed by atoms with Crippen molar-refractivity contribution in [1.82, 2.24) is 0 Å². The molecule has 0 bridgehead atoms. The Morgan fingerprint density at radius 2 is 2.00 bits per heavy atom. The molecule has 0 radical (unpaired) electrons. The standard InChI is InChI=1S/C9H10F2O2/c10-8(11)6(12)5-1-2-9(3-4-9)7(5)13/h5,8H,1-4H2. The molecular formula is C9H10F2O2. The van der Waals surface area contributed by atoms with Gasteiger partial charge < -0.3 is 0 Å². The lowest BCUT2D eigenvalue weighted by atomic mass is 9.97. The highest BCUT2D eigenvalue weighted by molar-refractivity contribution is 6.08. The summed E-state index contributed by atoms with van der Waals surface area (Å²) in [7, 11) is 0. The van der Waals surface area contributed by atoms with Gasteiger partial charge in [0.05, 0.1) is 5.92 Å². The second-order valence-corrected chi connectivity index (χ2v) is 3.94. The van der Waals surface area contributed by atoms with Gasteiger partial charge in [-0.2, -0.15) is 0 Å². The Labute approximate surface area is 74.3 Å². The van der Waals surface area contributed by atoms with Gasteiger partial charge in [-0.25, -0.2) is 8.78 Å². The summed E-state index contributed by atoms with van der Waals surface area (Å²) in [6.45, 7) is 0. The average Bonchev–Trinajstić information content (AvgIpc) is 2.77. The fourth-order valence-corrected chi connectivity index (χ4v) is 2.12. The molecule has 4 heteroatoms. The summed E-state index contributed by atoms with van der Waals surface area (Å²) in [5.41, 5.74) is -0.352. The summed E-state index contributed by atoms with van der Waals surface area (Å²) in [6.07, 6.45) is -0.433. The zero-order valence-corrected chi connectivity index (χ0v) is 7.06. The van der Waals surface area contributed by atoms with Crippen LogP contribution in [0.25, 0.3) is 0 Å². The maximum absolute atomic E-state index is 12.0. The SMILES string of the molecule is O=C(C(F)F)C1CCC2(CC2)C1=O. The third-order valence-electron chi connectivity index (χ3n) is 3.16. The molecule has 0 aromatic rings. The van der Waals surface area contributed by atoms with Crippen molar-refractivity contribution in [3.63, 3.8) is 0 Å². The predicted molar refractivity (Wildman–Crippen MR) is 40.4 cm³/mol. The van der Waals surface area contributed by atoms with Crippen molar-refractivity contribution < 1.29 is 18.4 Å². The first-order chi connectivity index (χ1) is 6.07. The van der Waals surface area contributed by atoms with Crippen LogP contribution in [0.15, 0.2) is 0 Å². The molecule has 0 aromatic heterocycles. The number of Topliss-reactive ketones (excluding diaryl/α,β-unsaturated/α-hetero) is 2. The second-order valence-electron chi connectivity index (χ2n) is 3.94. The van der Waals surface area contributed by atoms with E-state index < -0.39 is 18.1 Å². The Hall–Kier alpha value is -0.800. The summed E-state index contributed by atoms with van der Waals surface area (Å²) in [5.74, 6) is -2.39. The number of carbonyl (C=O) groups excluding carboxylic acids is 2. The summed E-state index contributed by atoms with van der Waals surface area (Å²) >= 11 is 0. The average molecular weight is 188 g/mol. The van der Waals surface area contributed by atoms with E-state index in [2.05, 4.69) is 0 Å². The van der Waals surface area contributed by atoms with E-state index in [1.54, 1.807) is 0 Å². The van der Waals surface area contributed by atoms with Crippen molar-refractivity contribution in [3.8, 4) is 0 Å². The van der Waals surface area contributed by atoms with Crippen LogP contribution in [0.4, 0.5) is 8.78 Å². The lowest BCUT2D eigenvalue weighted by Gasteiger charge is -2.06. The molecule has 13 heavy (non-hydrogen) atoms. The highest BCUT2D eigenvalue weighted by Gasteiger charge is 2.58. The van der Waals surface area contributed by atoms with Crippen molar-refractivity contribution in [3.05, 3.63) is 0 Å². The third kappa shape index (κ3) is 1.19. The molecule has 0 aliphatic heterocycles. The van der Waals surface area contributed by atoms with Crippen molar-refractivity contribution in [1.29, 1.82) is 0 Å². The van der Waals surface area contributed by atoms with E-state index in [9.17, 15) is 18.4 Å². The van der Waals surface area contributed by atoms with Crippen molar-refractivity contribution in [2.45, 2.75) is 32.1 Å². The van der Waals surface area contributed by atoms with E-state index in [0.717, 1.165) is 12.8 Å². The maximum atomic E-state index is 12.0. The van der Waals surface area contributed by atoms with Crippen molar-refractivity contribution in [2.24, 2.45) is 11.3 Å². The molecule has 1 atom stereocenters. The molecule has 0 N–H and O–H groups in total. The van der Waals surface area contributed by atoms with Gasteiger partial charge >= 0.3 is 0 Å². The zero-order valence-electron chi connectivity index (χ0n) is 7.06. The van der Waals surface area contributed by atoms with Crippen LogP contribution in [0.5, 0.6) is 0 Å². The van der Waals surface area contributed by atoms with E-state index in [-0.39, 0.29) is 11.2 Å². The topological polar surface area (TPSA) is 34.1 Å². The number of rotatable bonds is 2. The molecular weight excluding hydrogens is 178 g/mol. The maximum Gasteiger partial charge on any atom is 0.296 e. The van der Waals surface area contributed by atoms with Crippen LogP contribution in [0, 0.1) is 11.3 Å². The van der Waals surface area contributed by atoms with Gasteiger partial charge in [0.25, 0.3) is 6.43 Å². The largest absolute Gasteiger partial charge is 0.298 e. The minimum atomic E-state index is -2.98. The van der Waals surface area contributed by atoms with Gasteiger partial charge in [0.2, 0.25) is 5.78 Å². The molecule has 2 aliphatic carbocycles. The molecule has 2 nitrogen and oxygen atoms in total. The van der Waals surface area contributed by atoms with Crippen LogP contribution < -0.4 is 0 Å². The van der Waals surface area contributed by atoms with Gasteiger partial charge in [-0.3, -0.25) is 9.59 Å². The second kappa shape index (κ2) is 2.59. The first-order valence-electron chi connectivity index (χ1n) is 4.43. The Morgan fingerprint density at radius 1 is 1.38 bits per heavy atom. The van der Waals surface area contributed by atoms with Crippen LogP contribution in [-0.4, -0.2) is 18.0 Å². The van der Waals surface area contributed by atoms with Crippen LogP contribution in [0.3, 0.4) is 0 Å². The highest BCUT2D eigenvalue weighted by Crippen LogP contribution is 2.57. The molecule has 2 rings (SSSR count). The lowest BCUT2D eigenvalue weighted by Crippen LogP contribution is -2.27. The Morgan fingerprint density at radius 3 is 2.38 bits per heavy atom. The molecule has 0 heterocycles. The quantitative estimate of drug-likeness (QED) is 0.616. The fraction of sp³-hybridized carbons (Fsp3) is 0.778. The summed E-state index contributed by atoms with van der Waals surface area (Å²) < 4.78 is 24.0. The highest BCUT2D eigenvalue weighted by atomic mass is 19.3. The van der Waals surface area contributed by atoms with Crippen LogP contribution >= 0.6 is 0 Å². The normalized spacial score (nSPS) is 30.1. The molecule has 2 aliphatic rings. The molecule has 0 saturated heterocycles. The molecule has 2 saturated carbocycles. The van der Waals surface area contributed by atoms with Gasteiger partial charge in [-0.1, -0.05) is 0 Å². The molecule has 0 amide bonds. The number of hydrogen-bond acceptors (Lipinski definition) is 2. The Bertz CT molecular complexity index is 269. The minimum absolute atomic E-state index is 0.224. The van der Waals surface area contributed by atoms with E-state index in [1.807, 2.05) is 0 Å². The fourth-order valence-electron chi connectivity index (χ4n) is 2.12. The smallest absolute Gasteiger partial charge is 0.296 e. The van der Waals surface area contributed by atoms with Gasteiger partial charge in [0, 0.05) is 5.41 Å². The van der Waals surface area contributed by atoms with Gasteiger partial charge in [0.1, 0.15) is 5.78 Å². The minimum Gasteiger partial charge on any atom is -0.298 e. The van der Waals surface area contributed by atoms with Crippen molar-refractivity contribution in [2.75, 3.05) is 0 Å². The first kappa shape index (κ1) is 8.78. The van der Waals surface area contributed by atoms with E-state index in [0.29, 0.717) is 12.8 Å². The zero-order chi connectivity index (χ0) is 9.64. The third-order valence-corrected chi connectivity index (χ3v) is 3.16.